The molecule has 1 N–H and O–H groups in total. The molecule has 0 saturated heterocycles. The third kappa shape index (κ3) is 2.94. The topological polar surface area (TPSA) is 82.6 Å². The van der Waals surface area contributed by atoms with Gasteiger partial charge >= 0.3 is 0 Å². The van der Waals surface area contributed by atoms with E-state index in [1.165, 1.54) is 0 Å². The molecule has 0 spiro atoms. The lowest BCUT2D eigenvalue weighted by Crippen LogP contribution is -2.26. The van der Waals surface area contributed by atoms with Gasteiger partial charge in [-0.2, -0.15) is 5.10 Å². The number of nitrogens with zero attached hydrogens (tertiary/aromatic N) is 6. The van der Waals surface area contributed by atoms with Gasteiger partial charge in [-0.1, -0.05) is 6.08 Å². The largest absolute Gasteiger partial charge is 0.355 e. The van der Waals surface area contributed by atoms with Crippen molar-refractivity contribution in [3.8, 4) is 0 Å². The number of fused-ring (bicyclic) bond motifs is 1. The second kappa shape index (κ2) is 6.69. The minimum absolute atomic E-state index is 0.111. The van der Waals surface area contributed by atoms with Crippen LogP contribution in [0.3, 0.4) is 0 Å². The summed E-state index contributed by atoms with van der Waals surface area (Å²) in [5.74, 6) is 0.550. The second-order valence-electron chi connectivity index (χ2n) is 5.63. The van der Waals surface area contributed by atoms with E-state index in [1.54, 1.807) is 34.9 Å². The molecule has 0 aliphatic carbocycles. The van der Waals surface area contributed by atoms with Crippen LogP contribution in [-0.2, 0) is 20.1 Å². The highest BCUT2D eigenvalue weighted by atomic mass is 16.1. The predicted octanol–water partition coefficient (Wildman–Crippen LogP) is 1.32. The summed E-state index contributed by atoms with van der Waals surface area (Å²) in [4.78, 5) is 21.4. The molecule has 0 amide bonds. The number of aryl methyl sites for hydroxylation is 3. The van der Waals surface area contributed by atoms with Gasteiger partial charge in [0.15, 0.2) is 5.52 Å². The van der Waals surface area contributed by atoms with Gasteiger partial charge in [0.1, 0.15) is 5.52 Å². The van der Waals surface area contributed by atoms with Gasteiger partial charge in [-0.25, -0.2) is 9.97 Å². The van der Waals surface area contributed by atoms with E-state index in [-0.39, 0.29) is 5.56 Å². The molecule has 0 radical (unpaired) electrons. The smallest absolute Gasteiger partial charge is 0.281 e. The number of hydrogen-bond donors (Lipinski definition) is 1. The number of aromatic nitrogens is 6. The highest BCUT2D eigenvalue weighted by molar-refractivity contribution is 5.77. The normalized spacial score (nSPS) is 11.1. The summed E-state index contributed by atoms with van der Waals surface area (Å²) < 4.78 is 5.19. The molecule has 0 unspecified atom stereocenters. The van der Waals surface area contributed by atoms with E-state index in [0.29, 0.717) is 30.1 Å². The Kier molecular flexibility index (Phi) is 4.45. The fraction of sp³-hybridized carbons (Fsp3) is 0.375. The molecule has 0 aliphatic heterocycles. The summed E-state index contributed by atoms with van der Waals surface area (Å²) in [7, 11) is 1.76. The summed E-state index contributed by atoms with van der Waals surface area (Å²) in [6.07, 6.45) is 8.06. The van der Waals surface area contributed by atoms with Crippen molar-refractivity contribution < 1.29 is 0 Å². The molecule has 126 valence electrons. The molecule has 3 aromatic rings. The second-order valence-corrected chi connectivity index (χ2v) is 5.63. The van der Waals surface area contributed by atoms with E-state index in [9.17, 15) is 4.79 Å². The zero-order valence-electron chi connectivity index (χ0n) is 13.9. The number of imidazole rings is 1. The number of anilines is 1. The average molecular weight is 327 g/mol. The zero-order valence-corrected chi connectivity index (χ0v) is 13.9. The Hall–Kier alpha value is -2.90. The highest BCUT2D eigenvalue weighted by Crippen LogP contribution is 2.14. The Labute approximate surface area is 139 Å². The minimum Gasteiger partial charge on any atom is -0.355 e. The van der Waals surface area contributed by atoms with Crippen LogP contribution in [0.15, 0.2) is 36.2 Å². The molecule has 0 saturated carbocycles. The van der Waals surface area contributed by atoms with Gasteiger partial charge in [-0.05, 0) is 13.3 Å². The first-order valence-corrected chi connectivity index (χ1v) is 7.86. The molecular weight excluding hydrogens is 306 g/mol. The van der Waals surface area contributed by atoms with Gasteiger partial charge in [-0.3, -0.25) is 14.0 Å². The third-order valence-electron chi connectivity index (χ3n) is 3.86. The zero-order chi connectivity index (χ0) is 17.1. The standard InChI is InChI=1S/C16H21N7O/c1-4-8-23-15(24)14-13(12(2)20-21(14)3)19-16(23)18-6-5-9-22-10-7-17-11-22/h4,7,10-11H,1,5-6,8-9H2,2-3H3,(H,18,19). The fourth-order valence-electron chi connectivity index (χ4n) is 2.73. The maximum absolute atomic E-state index is 12.8. The molecule has 0 bridgehead atoms. The maximum Gasteiger partial charge on any atom is 0.281 e. The molecule has 0 fully saturated rings. The van der Waals surface area contributed by atoms with Crippen molar-refractivity contribution in [1.29, 1.82) is 0 Å². The van der Waals surface area contributed by atoms with Crippen LogP contribution >= 0.6 is 0 Å². The molecule has 3 rings (SSSR count). The molecule has 3 heterocycles. The van der Waals surface area contributed by atoms with Gasteiger partial charge in [-0.15, -0.1) is 6.58 Å². The predicted molar refractivity (Wildman–Crippen MR) is 93.0 cm³/mol. The summed E-state index contributed by atoms with van der Waals surface area (Å²) in [6.45, 7) is 7.54. The van der Waals surface area contributed by atoms with Crippen molar-refractivity contribution >= 4 is 17.0 Å². The van der Waals surface area contributed by atoms with Crippen LogP contribution in [0.4, 0.5) is 5.95 Å². The summed E-state index contributed by atoms with van der Waals surface area (Å²) in [6, 6.07) is 0. The van der Waals surface area contributed by atoms with E-state index < -0.39 is 0 Å². The Bertz CT molecular complexity index is 905. The van der Waals surface area contributed by atoms with E-state index in [2.05, 4.69) is 27.0 Å². The van der Waals surface area contributed by atoms with Gasteiger partial charge < -0.3 is 9.88 Å². The number of hydrogen-bond acceptors (Lipinski definition) is 5. The molecule has 24 heavy (non-hydrogen) atoms. The minimum atomic E-state index is -0.111. The first-order valence-electron chi connectivity index (χ1n) is 7.86. The lowest BCUT2D eigenvalue weighted by atomic mass is 10.3. The Balaban J connectivity index is 1.85. The van der Waals surface area contributed by atoms with Gasteiger partial charge in [0.2, 0.25) is 5.95 Å². The monoisotopic (exact) mass is 327 g/mol. The molecule has 8 heteroatoms. The van der Waals surface area contributed by atoms with Crippen molar-refractivity contribution in [2.45, 2.75) is 26.4 Å². The summed E-state index contributed by atoms with van der Waals surface area (Å²) in [5.41, 5.74) is 1.79. The lowest BCUT2D eigenvalue weighted by molar-refractivity contribution is 0.654. The Morgan fingerprint density at radius 1 is 1.42 bits per heavy atom. The van der Waals surface area contributed by atoms with Crippen LogP contribution < -0.4 is 10.9 Å². The highest BCUT2D eigenvalue weighted by Gasteiger charge is 2.16. The van der Waals surface area contributed by atoms with Crippen LogP contribution in [0.25, 0.3) is 11.0 Å². The van der Waals surface area contributed by atoms with Crippen molar-refractivity contribution in [2.75, 3.05) is 11.9 Å². The van der Waals surface area contributed by atoms with Crippen LogP contribution in [0, 0.1) is 6.92 Å². The van der Waals surface area contributed by atoms with E-state index in [0.717, 1.165) is 18.7 Å². The number of allylic oxidation sites excluding steroid dienone is 1. The fourth-order valence-corrected chi connectivity index (χ4v) is 2.73. The molecule has 0 aliphatic rings. The van der Waals surface area contributed by atoms with Gasteiger partial charge in [0, 0.05) is 39.1 Å². The van der Waals surface area contributed by atoms with E-state index >= 15 is 0 Å². The van der Waals surface area contributed by atoms with Crippen molar-refractivity contribution in [3.05, 3.63) is 47.4 Å². The SMILES string of the molecule is C=CCn1c(NCCCn2ccnc2)nc2c(C)nn(C)c2c1=O. The van der Waals surface area contributed by atoms with Crippen LogP contribution in [-0.4, -0.2) is 35.4 Å². The number of rotatable bonds is 7. The summed E-state index contributed by atoms with van der Waals surface area (Å²) in [5, 5.41) is 7.56. The van der Waals surface area contributed by atoms with Crippen molar-refractivity contribution in [2.24, 2.45) is 7.05 Å². The summed E-state index contributed by atoms with van der Waals surface area (Å²) >= 11 is 0. The van der Waals surface area contributed by atoms with Crippen LogP contribution in [0.5, 0.6) is 0 Å². The van der Waals surface area contributed by atoms with E-state index in [4.69, 9.17) is 0 Å². The number of nitrogens with one attached hydrogen (secondary N) is 1. The lowest BCUT2D eigenvalue weighted by Gasteiger charge is -2.13. The van der Waals surface area contributed by atoms with Gasteiger partial charge in [0.05, 0.1) is 12.0 Å². The first-order chi connectivity index (χ1) is 11.6. The van der Waals surface area contributed by atoms with Crippen molar-refractivity contribution in [3.63, 3.8) is 0 Å². The van der Waals surface area contributed by atoms with E-state index in [1.807, 2.05) is 17.7 Å². The average Bonchev–Trinajstić information content (AvgIpc) is 3.16. The third-order valence-corrected chi connectivity index (χ3v) is 3.86. The van der Waals surface area contributed by atoms with Gasteiger partial charge in [0.25, 0.3) is 5.56 Å². The molecule has 0 atom stereocenters. The maximum atomic E-state index is 12.8. The molecule has 3 aromatic heterocycles. The Morgan fingerprint density at radius 3 is 2.96 bits per heavy atom. The first kappa shape index (κ1) is 16.0. The molecular formula is C16H21N7O. The quantitative estimate of drug-likeness (QED) is 0.523. The van der Waals surface area contributed by atoms with Crippen LogP contribution in [0.1, 0.15) is 12.1 Å². The van der Waals surface area contributed by atoms with Crippen molar-refractivity contribution in [1.82, 2.24) is 28.9 Å². The molecule has 0 aromatic carbocycles. The Morgan fingerprint density at radius 2 is 2.25 bits per heavy atom. The van der Waals surface area contributed by atoms with Crippen LogP contribution in [0.2, 0.25) is 0 Å². The molecule has 8 nitrogen and oxygen atoms in total.